The zero-order valence-electron chi connectivity index (χ0n) is 12.2. The molecule has 0 spiro atoms. The van der Waals surface area contributed by atoms with Gasteiger partial charge >= 0.3 is 0 Å². The molecular formula is C17H17Br2FO. The van der Waals surface area contributed by atoms with Gasteiger partial charge in [-0.05, 0) is 53.4 Å². The minimum absolute atomic E-state index is 0.0600. The molecule has 1 unspecified atom stereocenters. The summed E-state index contributed by atoms with van der Waals surface area (Å²) in [5.41, 5.74) is 4.71. The van der Waals surface area contributed by atoms with Gasteiger partial charge in [-0.2, -0.15) is 0 Å². The summed E-state index contributed by atoms with van der Waals surface area (Å²) in [6.07, 6.45) is 0.821. The Labute approximate surface area is 141 Å². The van der Waals surface area contributed by atoms with Crippen molar-refractivity contribution in [3.05, 3.63) is 62.9 Å². The fourth-order valence-electron chi connectivity index (χ4n) is 2.29. The molecule has 0 aliphatic rings. The third kappa shape index (κ3) is 3.86. The van der Waals surface area contributed by atoms with Gasteiger partial charge in [-0.15, -0.1) is 0 Å². The van der Waals surface area contributed by atoms with Gasteiger partial charge in [0.05, 0.1) is 11.6 Å². The molecule has 0 N–H and O–H groups in total. The van der Waals surface area contributed by atoms with E-state index in [1.54, 1.807) is 13.2 Å². The topological polar surface area (TPSA) is 9.23 Å². The number of alkyl halides is 1. The van der Waals surface area contributed by atoms with Crippen molar-refractivity contribution >= 4 is 31.9 Å². The predicted octanol–water partition coefficient (Wildman–Crippen LogP) is 5.89. The number of hydrogen-bond donors (Lipinski definition) is 0. The fourth-order valence-corrected chi connectivity index (χ4v) is 3.36. The van der Waals surface area contributed by atoms with Crippen LogP contribution in [0.4, 0.5) is 4.39 Å². The minimum Gasteiger partial charge on any atom is -0.496 e. The van der Waals surface area contributed by atoms with Crippen molar-refractivity contribution < 1.29 is 9.13 Å². The Morgan fingerprint density at radius 1 is 1.19 bits per heavy atom. The highest BCUT2D eigenvalue weighted by molar-refractivity contribution is 9.10. The second-order valence-corrected chi connectivity index (χ2v) is 7.07. The van der Waals surface area contributed by atoms with Crippen molar-refractivity contribution in [1.29, 1.82) is 0 Å². The molecule has 1 nitrogen and oxygen atoms in total. The second kappa shape index (κ2) is 6.93. The van der Waals surface area contributed by atoms with E-state index in [4.69, 9.17) is 4.74 Å². The van der Waals surface area contributed by atoms with E-state index in [2.05, 4.69) is 63.9 Å². The Bertz CT molecular complexity index is 655. The first-order valence-electron chi connectivity index (χ1n) is 6.65. The fraction of sp³-hybridized carbons (Fsp3) is 0.294. The van der Waals surface area contributed by atoms with Gasteiger partial charge in [-0.1, -0.05) is 39.7 Å². The van der Waals surface area contributed by atoms with Crippen LogP contribution in [0, 0.1) is 19.7 Å². The number of aryl methyl sites for hydroxylation is 2. The molecule has 0 amide bonds. The lowest BCUT2D eigenvalue weighted by atomic mass is 9.98. The Morgan fingerprint density at radius 3 is 2.57 bits per heavy atom. The lowest BCUT2D eigenvalue weighted by Crippen LogP contribution is -2.02. The van der Waals surface area contributed by atoms with E-state index < -0.39 is 0 Å². The Kier molecular flexibility index (Phi) is 5.44. The molecule has 0 fully saturated rings. The molecule has 2 aromatic rings. The molecule has 112 valence electrons. The molecule has 0 aliphatic carbocycles. The van der Waals surface area contributed by atoms with Gasteiger partial charge in [-0.3, -0.25) is 0 Å². The third-order valence-corrected chi connectivity index (χ3v) is 4.94. The maximum atomic E-state index is 13.6. The Balaban J connectivity index is 2.34. The van der Waals surface area contributed by atoms with E-state index in [1.807, 2.05) is 0 Å². The monoisotopic (exact) mass is 414 g/mol. The molecule has 21 heavy (non-hydrogen) atoms. The van der Waals surface area contributed by atoms with Crippen LogP contribution in [0.25, 0.3) is 0 Å². The van der Waals surface area contributed by atoms with Crippen LogP contribution < -0.4 is 4.74 Å². The first kappa shape index (κ1) is 16.5. The van der Waals surface area contributed by atoms with Crippen LogP contribution >= 0.6 is 31.9 Å². The van der Waals surface area contributed by atoms with Gasteiger partial charge in [0, 0.05) is 16.5 Å². The summed E-state index contributed by atoms with van der Waals surface area (Å²) in [6, 6.07) is 9.61. The summed E-state index contributed by atoms with van der Waals surface area (Å²) >= 11 is 6.95. The zero-order chi connectivity index (χ0) is 15.6. The normalized spacial score (nSPS) is 12.3. The van der Waals surface area contributed by atoms with Crippen molar-refractivity contribution in [2.24, 2.45) is 0 Å². The van der Waals surface area contributed by atoms with Crippen molar-refractivity contribution in [2.75, 3.05) is 7.11 Å². The van der Waals surface area contributed by atoms with Crippen LogP contribution in [0.1, 0.15) is 27.1 Å². The van der Waals surface area contributed by atoms with Crippen molar-refractivity contribution in [1.82, 2.24) is 0 Å². The first-order chi connectivity index (χ1) is 9.92. The SMILES string of the molecule is COc1cc(F)c(Br)cc1C(Br)Cc1cc(C)ccc1C. The molecule has 0 bridgehead atoms. The summed E-state index contributed by atoms with van der Waals surface area (Å²) in [4.78, 5) is 0.0600. The van der Waals surface area contributed by atoms with E-state index in [1.165, 1.54) is 22.8 Å². The summed E-state index contributed by atoms with van der Waals surface area (Å²) in [5.74, 6) is 0.241. The van der Waals surface area contributed by atoms with Gasteiger partial charge in [-0.25, -0.2) is 4.39 Å². The summed E-state index contributed by atoms with van der Waals surface area (Å²) in [6.45, 7) is 4.19. The second-order valence-electron chi connectivity index (χ2n) is 5.11. The molecule has 0 aromatic heterocycles. The molecule has 0 aliphatic heterocycles. The van der Waals surface area contributed by atoms with E-state index >= 15 is 0 Å². The molecule has 0 heterocycles. The summed E-state index contributed by atoms with van der Waals surface area (Å²) in [5, 5.41) is 0. The van der Waals surface area contributed by atoms with Gasteiger partial charge in [0.25, 0.3) is 0 Å². The van der Waals surface area contributed by atoms with E-state index in [0.717, 1.165) is 12.0 Å². The smallest absolute Gasteiger partial charge is 0.141 e. The van der Waals surface area contributed by atoms with Crippen LogP contribution in [-0.4, -0.2) is 7.11 Å². The molecule has 4 heteroatoms. The number of hydrogen-bond acceptors (Lipinski definition) is 1. The number of ether oxygens (including phenoxy) is 1. The average Bonchev–Trinajstić information content (AvgIpc) is 2.45. The van der Waals surface area contributed by atoms with Crippen LogP contribution in [-0.2, 0) is 6.42 Å². The quantitative estimate of drug-likeness (QED) is 0.565. The zero-order valence-corrected chi connectivity index (χ0v) is 15.4. The van der Waals surface area contributed by atoms with E-state index in [-0.39, 0.29) is 10.6 Å². The number of methoxy groups -OCH3 is 1. The molecular weight excluding hydrogens is 399 g/mol. The number of halogens is 3. The number of rotatable bonds is 4. The van der Waals surface area contributed by atoms with Crippen LogP contribution in [0.5, 0.6) is 5.75 Å². The standard InChI is InChI=1S/C17H17Br2FO/c1-10-4-5-11(2)12(6-10)7-14(18)13-8-15(19)16(20)9-17(13)21-3/h4-6,8-9,14H,7H2,1-3H3. The first-order valence-corrected chi connectivity index (χ1v) is 8.36. The minimum atomic E-state index is -0.318. The van der Waals surface area contributed by atoms with Crippen molar-refractivity contribution in [3.63, 3.8) is 0 Å². The van der Waals surface area contributed by atoms with Crippen LogP contribution in [0.3, 0.4) is 0 Å². The highest BCUT2D eigenvalue weighted by atomic mass is 79.9. The van der Waals surface area contributed by atoms with E-state index in [9.17, 15) is 4.39 Å². The molecule has 2 aromatic carbocycles. The van der Waals surface area contributed by atoms with Crippen molar-refractivity contribution in [2.45, 2.75) is 25.1 Å². The summed E-state index contributed by atoms with van der Waals surface area (Å²) < 4.78 is 19.4. The lowest BCUT2D eigenvalue weighted by molar-refractivity contribution is 0.405. The average molecular weight is 416 g/mol. The molecule has 2 rings (SSSR count). The van der Waals surface area contributed by atoms with Crippen LogP contribution in [0.2, 0.25) is 0 Å². The highest BCUT2D eigenvalue weighted by Gasteiger charge is 2.17. The number of benzene rings is 2. The third-order valence-electron chi connectivity index (χ3n) is 3.51. The maximum absolute atomic E-state index is 13.6. The van der Waals surface area contributed by atoms with E-state index in [0.29, 0.717) is 10.2 Å². The molecule has 1 atom stereocenters. The van der Waals surface area contributed by atoms with Crippen molar-refractivity contribution in [3.8, 4) is 5.75 Å². The lowest BCUT2D eigenvalue weighted by Gasteiger charge is -2.17. The molecule has 0 saturated carbocycles. The Morgan fingerprint density at radius 2 is 1.90 bits per heavy atom. The molecule has 0 radical (unpaired) electrons. The molecule has 0 saturated heterocycles. The van der Waals surface area contributed by atoms with Gasteiger partial charge in [0.2, 0.25) is 0 Å². The van der Waals surface area contributed by atoms with Crippen LogP contribution in [0.15, 0.2) is 34.8 Å². The highest BCUT2D eigenvalue weighted by Crippen LogP contribution is 2.37. The summed E-state index contributed by atoms with van der Waals surface area (Å²) in [7, 11) is 1.56. The predicted molar refractivity (Wildman–Crippen MR) is 91.9 cm³/mol. The largest absolute Gasteiger partial charge is 0.496 e. The maximum Gasteiger partial charge on any atom is 0.141 e. The Hall–Kier alpha value is -0.870. The van der Waals surface area contributed by atoms with Gasteiger partial charge in [0.1, 0.15) is 11.6 Å². The van der Waals surface area contributed by atoms with Gasteiger partial charge < -0.3 is 4.74 Å². The van der Waals surface area contributed by atoms with Gasteiger partial charge in [0.15, 0.2) is 0 Å².